The molecule has 11 nitrogen and oxygen atoms in total. The van der Waals surface area contributed by atoms with Crippen LogP contribution in [-0.4, -0.2) is 96.1 Å². The lowest BCUT2D eigenvalue weighted by Gasteiger charge is -2.44. The summed E-state index contributed by atoms with van der Waals surface area (Å²) in [6.45, 7) is 11.4. The van der Waals surface area contributed by atoms with Gasteiger partial charge in [-0.05, 0) is 62.1 Å². The van der Waals surface area contributed by atoms with Crippen LogP contribution in [0.2, 0.25) is 0 Å². The molecule has 2 fully saturated rings. The van der Waals surface area contributed by atoms with E-state index in [2.05, 4.69) is 21.6 Å². The largest absolute Gasteiger partial charge is 0.379 e. The van der Waals surface area contributed by atoms with Gasteiger partial charge in [0.05, 0.1) is 37.7 Å². The molecule has 2 saturated heterocycles. The zero-order valence-corrected chi connectivity index (χ0v) is 27.1. The molecule has 0 atom stereocenters. The van der Waals surface area contributed by atoms with E-state index in [1.807, 2.05) is 37.4 Å². The second-order valence-corrected chi connectivity index (χ2v) is 13.4. The number of hydrogen-bond acceptors (Lipinski definition) is 8. The summed E-state index contributed by atoms with van der Waals surface area (Å²) in [5.74, 6) is -0.364. The molecule has 2 aromatic heterocycles. The van der Waals surface area contributed by atoms with Crippen LogP contribution < -0.4 is 10.6 Å². The zero-order valence-electron chi connectivity index (χ0n) is 26.3. The van der Waals surface area contributed by atoms with Gasteiger partial charge in [-0.3, -0.25) is 24.8 Å². The van der Waals surface area contributed by atoms with Crippen molar-refractivity contribution in [3.8, 4) is 11.1 Å². The quantitative estimate of drug-likeness (QED) is 0.415. The Labute approximate surface area is 267 Å². The first-order valence-electron chi connectivity index (χ1n) is 15.4. The lowest BCUT2D eigenvalue weighted by molar-refractivity contribution is -0.144. The number of aryl methyl sites for hydroxylation is 1. The van der Waals surface area contributed by atoms with E-state index in [0.717, 1.165) is 65.7 Å². The van der Waals surface area contributed by atoms with Crippen molar-refractivity contribution < 1.29 is 23.9 Å². The summed E-state index contributed by atoms with van der Waals surface area (Å²) in [5.41, 5.74) is 4.96. The van der Waals surface area contributed by atoms with Gasteiger partial charge < -0.3 is 24.6 Å². The van der Waals surface area contributed by atoms with Gasteiger partial charge in [0.25, 0.3) is 5.91 Å². The molecule has 4 amide bonds. The van der Waals surface area contributed by atoms with E-state index < -0.39 is 11.6 Å². The monoisotopic (exact) mass is 632 g/mol. The number of carbonyl (C=O) groups excluding carboxylic acids is 3. The molecular weight excluding hydrogens is 592 g/mol. The lowest BCUT2D eigenvalue weighted by atomic mass is 9.95. The number of pyridine rings is 1. The van der Waals surface area contributed by atoms with Crippen LogP contribution in [0.15, 0.2) is 36.5 Å². The first-order valence-corrected chi connectivity index (χ1v) is 16.2. The van der Waals surface area contributed by atoms with Crippen LogP contribution in [0, 0.1) is 6.92 Å². The predicted molar refractivity (Wildman–Crippen MR) is 174 cm³/mol. The lowest BCUT2D eigenvalue weighted by Crippen LogP contribution is -2.63. The number of hydrogen-bond donors (Lipinski definition) is 2. The summed E-state index contributed by atoms with van der Waals surface area (Å²) >= 11 is 1.35. The minimum Gasteiger partial charge on any atom is -0.379 e. The highest BCUT2D eigenvalue weighted by Crippen LogP contribution is 2.39. The SMILES string of the molecule is Cc1ccc(NC(=O)Nc2sc3c(c2C(=O)N2CCN(C)C(=O)C2(C)C)CCOC3)cc1-c1ccc(CN2CCOCC2)nc1. The molecule has 238 valence electrons. The number of rotatable bonds is 6. The van der Waals surface area contributed by atoms with Crippen LogP contribution in [0.1, 0.15) is 45.9 Å². The third kappa shape index (κ3) is 6.46. The van der Waals surface area contributed by atoms with E-state index in [0.29, 0.717) is 49.0 Å². The second kappa shape index (κ2) is 12.9. The average molecular weight is 633 g/mol. The Morgan fingerprint density at radius 3 is 2.58 bits per heavy atom. The molecular formula is C33H40N6O5S. The maximum Gasteiger partial charge on any atom is 0.324 e. The van der Waals surface area contributed by atoms with Crippen molar-refractivity contribution in [2.75, 3.05) is 63.7 Å². The number of amides is 4. The molecule has 6 rings (SSSR count). The number of benzene rings is 1. The van der Waals surface area contributed by atoms with E-state index in [-0.39, 0.29) is 11.8 Å². The minimum atomic E-state index is -1.00. The highest BCUT2D eigenvalue weighted by Gasteiger charge is 2.44. The normalized spacial score (nSPS) is 18.4. The summed E-state index contributed by atoms with van der Waals surface area (Å²) in [5, 5.41) is 6.36. The Hall–Kier alpha value is -3.84. The Morgan fingerprint density at radius 2 is 1.82 bits per heavy atom. The number of nitrogens with one attached hydrogen (secondary N) is 2. The molecule has 0 saturated carbocycles. The highest BCUT2D eigenvalue weighted by molar-refractivity contribution is 7.17. The summed E-state index contributed by atoms with van der Waals surface area (Å²) < 4.78 is 11.1. The summed E-state index contributed by atoms with van der Waals surface area (Å²) in [7, 11) is 1.75. The standard InChI is InChI=1S/C33H40N6O5S/c1-21-5-7-23(17-26(21)22-6-8-24(34-18-22)19-38-12-15-43-16-13-38)35-32(42)36-29-28(25-9-14-44-20-27(25)45-29)30(40)39-11-10-37(4)31(41)33(39,2)3/h5-8,17-18H,9-16,19-20H2,1-4H3,(H2,35,36,42). The molecule has 45 heavy (non-hydrogen) atoms. The fraction of sp³-hybridized carbons (Fsp3) is 0.455. The number of fused-ring (bicyclic) bond motifs is 1. The molecule has 0 aliphatic carbocycles. The van der Waals surface area contributed by atoms with Crippen LogP contribution in [0.3, 0.4) is 0 Å². The molecule has 5 heterocycles. The van der Waals surface area contributed by atoms with Gasteiger partial charge in [-0.15, -0.1) is 11.3 Å². The number of piperazine rings is 1. The van der Waals surface area contributed by atoms with Crippen LogP contribution in [0.5, 0.6) is 0 Å². The molecule has 3 aliphatic heterocycles. The maximum atomic E-state index is 14.1. The van der Waals surface area contributed by atoms with Gasteiger partial charge in [0, 0.05) is 62.1 Å². The van der Waals surface area contributed by atoms with Gasteiger partial charge in [0.15, 0.2) is 0 Å². The van der Waals surface area contributed by atoms with E-state index in [4.69, 9.17) is 14.5 Å². The van der Waals surface area contributed by atoms with Crippen molar-refractivity contribution in [1.29, 1.82) is 0 Å². The Bertz CT molecular complexity index is 1600. The topological polar surface area (TPSA) is 116 Å². The third-order valence-corrected chi connectivity index (χ3v) is 9.95. The van der Waals surface area contributed by atoms with Crippen molar-refractivity contribution in [3.63, 3.8) is 0 Å². The minimum absolute atomic E-state index is 0.112. The number of ether oxygens (including phenoxy) is 2. The number of morpholine rings is 1. The molecule has 12 heteroatoms. The summed E-state index contributed by atoms with van der Waals surface area (Å²) in [6.07, 6.45) is 2.45. The molecule has 0 unspecified atom stereocenters. The van der Waals surface area contributed by atoms with Gasteiger partial charge in [-0.2, -0.15) is 0 Å². The Kier molecular flexibility index (Phi) is 8.91. The number of thiophene rings is 1. The van der Waals surface area contributed by atoms with Crippen LogP contribution in [-0.2, 0) is 33.8 Å². The maximum absolute atomic E-state index is 14.1. The van der Waals surface area contributed by atoms with Gasteiger partial charge in [-0.25, -0.2) is 4.79 Å². The third-order valence-electron chi connectivity index (χ3n) is 8.83. The molecule has 3 aromatic rings. The van der Waals surface area contributed by atoms with Crippen molar-refractivity contribution in [2.45, 2.75) is 45.9 Å². The average Bonchev–Trinajstić information content (AvgIpc) is 3.39. The molecule has 0 bridgehead atoms. The zero-order chi connectivity index (χ0) is 31.7. The van der Waals surface area contributed by atoms with Gasteiger partial charge in [0.2, 0.25) is 5.91 Å². The van der Waals surface area contributed by atoms with E-state index >= 15 is 0 Å². The van der Waals surface area contributed by atoms with Crippen molar-refractivity contribution in [3.05, 3.63) is 63.8 Å². The molecule has 1 aromatic carbocycles. The summed E-state index contributed by atoms with van der Waals surface area (Å²) in [6, 6.07) is 9.42. The second-order valence-electron chi connectivity index (χ2n) is 12.3. The first-order chi connectivity index (χ1) is 21.6. The molecule has 0 radical (unpaired) electrons. The van der Waals surface area contributed by atoms with Crippen LogP contribution in [0.25, 0.3) is 11.1 Å². The van der Waals surface area contributed by atoms with Gasteiger partial charge in [-0.1, -0.05) is 12.1 Å². The smallest absolute Gasteiger partial charge is 0.324 e. The van der Waals surface area contributed by atoms with Crippen molar-refractivity contribution in [1.82, 2.24) is 19.7 Å². The molecule has 3 aliphatic rings. The highest BCUT2D eigenvalue weighted by atomic mass is 32.1. The van der Waals surface area contributed by atoms with Crippen LogP contribution >= 0.6 is 11.3 Å². The predicted octanol–water partition coefficient (Wildman–Crippen LogP) is 4.36. The number of likely N-dealkylation sites (N-methyl/N-ethyl adjacent to an activating group) is 1. The molecule has 2 N–H and O–H groups in total. The molecule has 0 spiro atoms. The number of aromatic nitrogens is 1. The first kappa shape index (κ1) is 31.2. The van der Waals surface area contributed by atoms with E-state index in [1.54, 1.807) is 30.7 Å². The van der Waals surface area contributed by atoms with Gasteiger partial charge >= 0.3 is 6.03 Å². The fourth-order valence-electron chi connectivity index (χ4n) is 6.19. The number of carbonyl (C=O) groups is 3. The number of nitrogens with zero attached hydrogens (tertiary/aromatic N) is 4. The van der Waals surface area contributed by atoms with E-state index in [1.165, 1.54) is 11.3 Å². The Morgan fingerprint density at radius 1 is 1.02 bits per heavy atom. The van der Waals surface area contributed by atoms with Gasteiger partial charge in [0.1, 0.15) is 10.5 Å². The fourth-order valence-corrected chi connectivity index (χ4v) is 7.36. The summed E-state index contributed by atoms with van der Waals surface area (Å²) in [4.78, 5) is 51.6. The van der Waals surface area contributed by atoms with E-state index in [9.17, 15) is 14.4 Å². The number of urea groups is 1. The number of anilines is 2. The Balaban J connectivity index is 1.19. The van der Waals surface area contributed by atoms with Crippen LogP contribution in [0.4, 0.5) is 15.5 Å². The van der Waals surface area contributed by atoms with Crippen molar-refractivity contribution >= 4 is 39.9 Å². The van der Waals surface area contributed by atoms with Crippen molar-refractivity contribution in [2.24, 2.45) is 0 Å².